The molecule has 0 radical (unpaired) electrons. The predicted octanol–water partition coefficient (Wildman–Crippen LogP) is 3.32. The van der Waals surface area contributed by atoms with Crippen LogP contribution < -0.4 is 0 Å². The van der Waals surface area contributed by atoms with Crippen molar-refractivity contribution in [2.75, 3.05) is 0 Å². The van der Waals surface area contributed by atoms with Crippen LogP contribution in [0.25, 0.3) is 10.9 Å². The third kappa shape index (κ3) is 2.76. The van der Waals surface area contributed by atoms with E-state index in [0.717, 1.165) is 16.5 Å². The first kappa shape index (κ1) is 12.3. The van der Waals surface area contributed by atoms with E-state index in [2.05, 4.69) is 20.9 Å². The first-order valence-electron chi connectivity index (χ1n) is 4.97. The number of halogens is 2. The van der Waals surface area contributed by atoms with Gasteiger partial charge in [0.25, 0.3) is 6.47 Å². The fraction of sp³-hybridized carbons (Fsp3) is 0.167. The Labute approximate surface area is 112 Å². The fourth-order valence-electron chi connectivity index (χ4n) is 1.57. The lowest BCUT2D eigenvalue weighted by Crippen LogP contribution is -2.07. The highest BCUT2D eigenvalue weighted by molar-refractivity contribution is 9.09. The molecule has 0 aliphatic carbocycles. The highest BCUT2D eigenvalue weighted by Crippen LogP contribution is 2.27. The van der Waals surface area contributed by atoms with Gasteiger partial charge in [0, 0.05) is 18.0 Å². The summed E-state index contributed by atoms with van der Waals surface area (Å²) < 4.78 is 4.76. The molecule has 0 bridgehead atoms. The Kier molecular flexibility index (Phi) is 3.97. The van der Waals surface area contributed by atoms with Gasteiger partial charge in [0.05, 0.1) is 10.5 Å². The van der Waals surface area contributed by atoms with Crippen LogP contribution in [0, 0.1) is 0 Å². The first-order chi connectivity index (χ1) is 8.22. The van der Waals surface area contributed by atoms with Crippen molar-refractivity contribution >= 4 is 44.9 Å². The summed E-state index contributed by atoms with van der Waals surface area (Å²) in [7, 11) is 0. The second-order valence-electron chi connectivity index (χ2n) is 3.46. The lowest BCUT2D eigenvalue weighted by Gasteiger charge is -2.10. The number of hydrogen-bond donors (Lipinski definition) is 0. The molecule has 0 aliphatic heterocycles. The standard InChI is InChI=1S/C12H9BrClNO2/c13-11(17-7-16)5-8-6-15-10-4-2-1-3-9(10)12(8)14/h1-4,6-7,11H,5H2. The topological polar surface area (TPSA) is 39.2 Å². The Morgan fingerprint density at radius 2 is 2.24 bits per heavy atom. The van der Waals surface area contributed by atoms with Gasteiger partial charge in [0.2, 0.25) is 0 Å². The molecule has 2 rings (SSSR count). The van der Waals surface area contributed by atoms with Crippen molar-refractivity contribution in [1.29, 1.82) is 0 Å². The van der Waals surface area contributed by atoms with Crippen molar-refractivity contribution in [3.05, 3.63) is 41.0 Å². The number of carbonyl (C=O) groups excluding carboxylic acids is 1. The molecule has 1 atom stereocenters. The number of benzene rings is 1. The Morgan fingerprint density at radius 3 is 3.00 bits per heavy atom. The van der Waals surface area contributed by atoms with Crippen LogP contribution in [0.5, 0.6) is 0 Å². The molecule has 3 nitrogen and oxygen atoms in total. The zero-order chi connectivity index (χ0) is 12.3. The molecule has 2 aromatic rings. The Morgan fingerprint density at radius 1 is 1.47 bits per heavy atom. The second-order valence-corrected chi connectivity index (χ2v) is 4.86. The summed E-state index contributed by atoms with van der Waals surface area (Å²) in [6, 6.07) is 7.64. The average molecular weight is 315 g/mol. The van der Waals surface area contributed by atoms with Crippen LogP contribution in [0.4, 0.5) is 0 Å². The molecule has 0 aliphatic rings. The van der Waals surface area contributed by atoms with Crippen LogP contribution in [0.2, 0.25) is 5.02 Å². The number of fused-ring (bicyclic) bond motifs is 1. The third-order valence-corrected chi connectivity index (χ3v) is 3.35. The summed E-state index contributed by atoms with van der Waals surface area (Å²) in [5, 5.41) is 1.16. The molecule has 1 heterocycles. The quantitative estimate of drug-likeness (QED) is 0.642. The zero-order valence-corrected chi connectivity index (χ0v) is 11.1. The summed E-state index contributed by atoms with van der Waals surface area (Å²) in [5.74, 6) is 0. The predicted molar refractivity (Wildman–Crippen MR) is 70.3 cm³/mol. The molecule has 0 saturated carbocycles. The summed E-state index contributed by atoms with van der Waals surface area (Å²) in [4.78, 5) is 14.5. The Hall–Kier alpha value is -1.13. The van der Waals surface area contributed by atoms with Crippen LogP contribution in [-0.2, 0) is 16.0 Å². The van der Waals surface area contributed by atoms with E-state index >= 15 is 0 Å². The SMILES string of the molecule is O=COC(Br)Cc1cnc2ccccc2c1Cl. The summed E-state index contributed by atoms with van der Waals surface area (Å²) in [6.07, 6.45) is 2.18. The van der Waals surface area contributed by atoms with Crippen molar-refractivity contribution in [2.45, 2.75) is 11.4 Å². The molecule has 0 amide bonds. The number of nitrogens with zero attached hydrogens (tertiary/aromatic N) is 1. The first-order valence-corrected chi connectivity index (χ1v) is 6.27. The van der Waals surface area contributed by atoms with E-state index in [0.29, 0.717) is 17.9 Å². The van der Waals surface area contributed by atoms with Gasteiger partial charge in [-0.3, -0.25) is 9.78 Å². The van der Waals surface area contributed by atoms with Crippen LogP contribution >= 0.6 is 27.5 Å². The van der Waals surface area contributed by atoms with E-state index in [1.54, 1.807) is 6.20 Å². The molecule has 17 heavy (non-hydrogen) atoms. The maximum atomic E-state index is 10.2. The number of alkyl halides is 1. The largest absolute Gasteiger partial charge is 0.453 e. The van der Waals surface area contributed by atoms with E-state index in [9.17, 15) is 4.79 Å². The minimum absolute atomic E-state index is 0.388. The molecule has 88 valence electrons. The Bertz CT molecular complexity index is 547. The van der Waals surface area contributed by atoms with Crippen LogP contribution in [-0.4, -0.2) is 16.5 Å². The van der Waals surface area contributed by atoms with Gasteiger partial charge in [-0.15, -0.1) is 0 Å². The van der Waals surface area contributed by atoms with Gasteiger partial charge >= 0.3 is 0 Å². The van der Waals surface area contributed by atoms with Crippen molar-refractivity contribution in [2.24, 2.45) is 0 Å². The molecular formula is C12H9BrClNO2. The van der Waals surface area contributed by atoms with Gasteiger partial charge in [-0.05, 0) is 27.6 Å². The minimum Gasteiger partial charge on any atom is -0.453 e. The second kappa shape index (κ2) is 5.47. The van der Waals surface area contributed by atoms with Gasteiger partial charge < -0.3 is 4.74 Å². The Balaban J connectivity index is 2.35. The van der Waals surface area contributed by atoms with Crippen molar-refractivity contribution < 1.29 is 9.53 Å². The lowest BCUT2D eigenvalue weighted by atomic mass is 10.1. The number of pyridine rings is 1. The highest BCUT2D eigenvalue weighted by Gasteiger charge is 2.11. The van der Waals surface area contributed by atoms with Gasteiger partial charge in [0.1, 0.15) is 0 Å². The monoisotopic (exact) mass is 313 g/mol. The molecular weight excluding hydrogens is 305 g/mol. The number of para-hydroxylation sites is 1. The summed E-state index contributed by atoms with van der Waals surface area (Å²) >= 11 is 9.51. The van der Waals surface area contributed by atoms with E-state index in [-0.39, 0.29) is 5.01 Å². The molecule has 5 heteroatoms. The molecule has 0 N–H and O–H groups in total. The smallest absolute Gasteiger partial charge is 0.294 e. The molecule has 0 fully saturated rings. The van der Waals surface area contributed by atoms with Crippen molar-refractivity contribution in [3.63, 3.8) is 0 Å². The number of aromatic nitrogens is 1. The van der Waals surface area contributed by atoms with Crippen molar-refractivity contribution in [1.82, 2.24) is 4.98 Å². The van der Waals surface area contributed by atoms with Gasteiger partial charge in [0.15, 0.2) is 5.01 Å². The fourth-order valence-corrected chi connectivity index (χ4v) is 2.30. The number of hydrogen-bond acceptors (Lipinski definition) is 3. The van der Waals surface area contributed by atoms with E-state index in [1.165, 1.54) is 0 Å². The number of ether oxygens (including phenoxy) is 1. The number of rotatable bonds is 4. The molecule has 0 spiro atoms. The number of carbonyl (C=O) groups is 1. The van der Waals surface area contributed by atoms with Gasteiger partial charge in [-0.1, -0.05) is 29.8 Å². The minimum atomic E-state index is -0.388. The van der Waals surface area contributed by atoms with Crippen LogP contribution in [0.15, 0.2) is 30.5 Å². The van der Waals surface area contributed by atoms with Gasteiger partial charge in [-0.25, -0.2) is 0 Å². The van der Waals surface area contributed by atoms with E-state index < -0.39 is 0 Å². The normalized spacial score (nSPS) is 12.4. The maximum Gasteiger partial charge on any atom is 0.294 e. The summed E-state index contributed by atoms with van der Waals surface area (Å²) in [6.45, 7) is 0.405. The average Bonchev–Trinajstić information content (AvgIpc) is 2.33. The lowest BCUT2D eigenvalue weighted by molar-refractivity contribution is -0.129. The van der Waals surface area contributed by atoms with E-state index in [1.807, 2.05) is 24.3 Å². The van der Waals surface area contributed by atoms with Crippen LogP contribution in [0.1, 0.15) is 5.56 Å². The highest BCUT2D eigenvalue weighted by atomic mass is 79.9. The van der Waals surface area contributed by atoms with E-state index in [4.69, 9.17) is 16.3 Å². The molecule has 0 saturated heterocycles. The maximum absolute atomic E-state index is 10.2. The van der Waals surface area contributed by atoms with Crippen LogP contribution in [0.3, 0.4) is 0 Å². The third-order valence-electron chi connectivity index (χ3n) is 2.37. The van der Waals surface area contributed by atoms with Crippen molar-refractivity contribution in [3.8, 4) is 0 Å². The molecule has 1 unspecified atom stereocenters. The molecule has 1 aromatic carbocycles. The zero-order valence-electron chi connectivity index (χ0n) is 8.77. The summed E-state index contributed by atoms with van der Waals surface area (Å²) in [5.41, 5.74) is 1.69. The molecule has 1 aromatic heterocycles. The van der Waals surface area contributed by atoms with Gasteiger partial charge in [-0.2, -0.15) is 0 Å².